The van der Waals surface area contributed by atoms with Crippen molar-refractivity contribution in [2.75, 3.05) is 17.7 Å². The smallest absolute Gasteiger partial charge is 0.322 e. The van der Waals surface area contributed by atoms with Crippen LogP contribution >= 0.6 is 0 Å². The highest BCUT2D eigenvalue weighted by Crippen LogP contribution is 2.22. The predicted molar refractivity (Wildman–Crippen MR) is 82.3 cm³/mol. The number of hydrogen-bond acceptors (Lipinski definition) is 5. The molecule has 0 saturated carbocycles. The Morgan fingerprint density at radius 3 is 2.86 bits per heavy atom. The van der Waals surface area contributed by atoms with E-state index in [1.165, 1.54) is 0 Å². The average molecular weight is 299 g/mol. The fraction of sp³-hybridized carbons (Fsp3) is 0.267. The van der Waals surface area contributed by atoms with Crippen LogP contribution in [0.2, 0.25) is 0 Å². The highest BCUT2D eigenvalue weighted by atomic mass is 16.5. The maximum Gasteiger partial charge on any atom is 0.322 e. The van der Waals surface area contributed by atoms with Gasteiger partial charge >= 0.3 is 6.03 Å². The van der Waals surface area contributed by atoms with E-state index >= 15 is 0 Å². The summed E-state index contributed by atoms with van der Waals surface area (Å²) in [5.41, 5.74) is 8.01. The van der Waals surface area contributed by atoms with Gasteiger partial charge in [0.15, 0.2) is 0 Å². The predicted octanol–water partition coefficient (Wildman–Crippen LogP) is 2.01. The lowest BCUT2D eigenvalue weighted by molar-refractivity contribution is 0.212. The number of benzene rings is 1. The summed E-state index contributed by atoms with van der Waals surface area (Å²) in [5, 5.41) is 2.85. The van der Waals surface area contributed by atoms with Gasteiger partial charge in [0.05, 0.1) is 25.4 Å². The van der Waals surface area contributed by atoms with Crippen LogP contribution in [-0.4, -0.2) is 27.5 Å². The monoisotopic (exact) mass is 299 g/mol. The van der Waals surface area contributed by atoms with Crippen LogP contribution in [0.15, 0.2) is 30.5 Å². The van der Waals surface area contributed by atoms with Crippen LogP contribution in [0.1, 0.15) is 18.2 Å². The Bertz CT molecular complexity index is 687. The van der Waals surface area contributed by atoms with E-state index in [1.54, 1.807) is 11.1 Å². The van der Waals surface area contributed by atoms with E-state index in [4.69, 9.17) is 10.5 Å². The maximum atomic E-state index is 12.3. The van der Waals surface area contributed by atoms with E-state index in [0.717, 1.165) is 22.7 Å². The maximum absolute atomic E-state index is 12.3. The van der Waals surface area contributed by atoms with Crippen LogP contribution < -0.4 is 15.8 Å². The van der Waals surface area contributed by atoms with Gasteiger partial charge < -0.3 is 20.7 Å². The van der Waals surface area contributed by atoms with Gasteiger partial charge in [0.2, 0.25) is 5.95 Å². The van der Waals surface area contributed by atoms with Gasteiger partial charge in [0.25, 0.3) is 0 Å². The fourth-order valence-corrected chi connectivity index (χ4v) is 2.32. The summed E-state index contributed by atoms with van der Waals surface area (Å²) >= 11 is 0. The fourth-order valence-electron chi connectivity index (χ4n) is 2.32. The number of nitrogens with one attached hydrogen (secondary N) is 1. The number of ether oxygens (including phenoxy) is 1. The lowest BCUT2D eigenvalue weighted by Gasteiger charge is -2.16. The van der Waals surface area contributed by atoms with Gasteiger partial charge in [-0.1, -0.05) is 0 Å². The van der Waals surface area contributed by atoms with Gasteiger partial charge in [-0.15, -0.1) is 0 Å². The highest BCUT2D eigenvalue weighted by molar-refractivity contribution is 5.89. The van der Waals surface area contributed by atoms with E-state index in [0.29, 0.717) is 19.7 Å². The minimum Gasteiger partial charge on any atom is -0.494 e. The van der Waals surface area contributed by atoms with Crippen molar-refractivity contribution in [1.29, 1.82) is 0 Å². The van der Waals surface area contributed by atoms with Gasteiger partial charge in [0.1, 0.15) is 5.75 Å². The Kier molecular flexibility index (Phi) is 3.78. The normalized spacial score (nSPS) is 12.9. The summed E-state index contributed by atoms with van der Waals surface area (Å²) in [6, 6.07) is 7.09. The second-order valence-electron chi connectivity index (χ2n) is 4.94. The standard InChI is InChI=1S/C15H17N5O2/c1-2-22-12-5-3-11(4-6-12)18-15(21)20-8-10-7-17-14(16)19-13(10)9-20/h3-7H,2,8-9H2,1H3,(H,18,21)(H2,16,17,19). The van der Waals surface area contributed by atoms with Crippen molar-refractivity contribution in [3.8, 4) is 5.75 Å². The Balaban J connectivity index is 1.63. The zero-order valence-electron chi connectivity index (χ0n) is 12.2. The molecule has 0 aliphatic carbocycles. The van der Waals surface area contributed by atoms with Crippen LogP contribution in [0.25, 0.3) is 0 Å². The Labute approximate surface area is 128 Å². The third kappa shape index (κ3) is 2.93. The lowest BCUT2D eigenvalue weighted by Crippen LogP contribution is -2.30. The molecule has 2 aromatic rings. The van der Waals surface area contributed by atoms with Gasteiger partial charge in [-0.05, 0) is 31.2 Å². The molecule has 1 aromatic heterocycles. The number of rotatable bonds is 3. The first-order chi connectivity index (χ1) is 10.7. The zero-order valence-corrected chi connectivity index (χ0v) is 12.2. The summed E-state index contributed by atoms with van der Waals surface area (Å²) in [6.45, 7) is 3.46. The molecule has 1 aromatic carbocycles. The van der Waals surface area contributed by atoms with E-state index in [1.807, 2.05) is 31.2 Å². The molecule has 0 atom stereocenters. The molecule has 0 radical (unpaired) electrons. The first kappa shape index (κ1) is 14.1. The second kappa shape index (κ2) is 5.88. The van der Waals surface area contributed by atoms with E-state index in [2.05, 4.69) is 15.3 Å². The number of aromatic nitrogens is 2. The van der Waals surface area contributed by atoms with Crippen molar-refractivity contribution in [1.82, 2.24) is 14.9 Å². The summed E-state index contributed by atoms with van der Waals surface area (Å²) in [7, 11) is 0. The van der Waals surface area contributed by atoms with Crippen molar-refractivity contribution in [2.24, 2.45) is 0 Å². The molecule has 2 heterocycles. The number of nitrogens with zero attached hydrogens (tertiary/aromatic N) is 3. The zero-order chi connectivity index (χ0) is 15.5. The topological polar surface area (TPSA) is 93.4 Å². The van der Waals surface area contributed by atoms with Crippen molar-refractivity contribution >= 4 is 17.7 Å². The van der Waals surface area contributed by atoms with E-state index < -0.39 is 0 Å². The summed E-state index contributed by atoms with van der Waals surface area (Å²) < 4.78 is 5.37. The van der Waals surface area contributed by atoms with Crippen molar-refractivity contribution in [3.63, 3.8) is 0 Å². The van der Waals surface area contributed by atoms with E-state index in [9.17, 15) is 4.79 Å². The summed E-state index contributed by atoms with van der Waals surface area (Å²) in [5.74, 6) is 1.01. The number of urea groups is 1. The molecule has 7 heteroatoms. The Morgan fingerprint density at radius 2 is 2.14 bits per heavy atom. The molecule has 3 rings (SSSR count). The van der Waals surface area contributed by atoms with Crippen LogP contribution in [0, 0.1) is 0 Å². The molecule has 0 spiro atoms. The van der Waals surface area contributed by atoms with Crippen LogP contribution in [0.4, 0.5) is 16.4 Å². The number of anilines is 2. The first-order valence-electron chi connectivity index (χ1n) is 7.04. The van der Waals surface area contributed by atoms with Crippen molar-refractivity contribution in [3.05, 3.63) is 41.7 Å². The number of carbonyl (C=O) groups excluding carboxylic acids is 1. The van der Waals surface area contributed by atoms with Gasteiger partial charge in [-0.3, -0.25) is 0 Å². The molecule has 3 N–H and O–H groups in total. The Morgan fingerprint density at radius 1 is 1.36 bits per heavy atom. The quantitative estimate of drug-likeness (QED) is 0.904. The van der Waals surface area contributed by atoms with Crippen molar-refractivity contribution < 1.29 is 9.53 Å². The number of carbonyl (C=O) groups is 1. The molecule has 7 nitrogen and oxygen atoms in total. The third-order valence-electron chi connectivity index (χ3n) is 3.38. The van der Waals surface area contributed by atoms with Crippen LogP contribution in [0.5, 0.6) is 5.75 Å². The second-order valence-corrected chi connectivity index (χ2v) is 4.94. The van der Waals surface area contributed by atoms with Gasteiger partial charge in [0, 0.05) is 17.4 Å². The molecule has 2 amide bonds. The number of hydrogen-bond donors (Lipinski definition) is 2. The molecule has 22 heavy (non-hydrogen) atoms. The molecular weight excluding hydrogens is 282 g/mol. The molecule has 0 saturated heterocycles. The molecule has 1 aliphatic rings. The minimum absolute atomic E-state index is 0.180. The largest absolute Gasteiger partial charge is 0.494 e. The van der Waals surface area contributed by atoms with Crippen molar-refractivity contribution in [2.45, 2.75) is 20.0 Å². The molecule has 114 valence electrons. The molecule has 0 fully saturated rings. The molecule has 0 unspecified atom stereocenters. The lowest BCUT2D eigenvalue weighted by atomic mass is 10.3. The molecular formula is C15H17N5O2. The average Bonchev–Trinajstić information content (AvgIpc) is 2.92. The SMILES string of the molecule is CCOc1ccc(NC(=O)N2Cc3cnc(N)nc3C2)cc1. The first-order valence-corrected chi connectivity index (χ1v) is 7.04. The number of fused-ring (bicyclic) bond motifs is 1. The van der Waals surface area contributed by atoms with Crippen LogP contribution in [0.3, 0.4) is 0 Å². The highest BCUT2D eigenvalue weighted by Gasteiger charge is 2.25. The van der Waals surface area contributed by atoms with E-state index in [-0.39, 0.29) is 12.0 Å². The van der Waals surface area contributed by atoms with Crippen LogP contribution in [-0.2, 0) is 13.1 Å². The molecule has 1 aliphatic heterocycles. The third-order valence-corrected chi connectivity index (χ3v) is 3.38. The number of nitrogens with two attached hydrogens (primary N) is 1. The number of amides is 2. The summed E-state index contributed by atoms with van der Waals surface area (Å²) in [4.78, 5) is 22.0. The number of nitrogen functional groups attached to an aromatic ring is 1. The van der Waals surface area contributed by atoms with Gasteiger partial charge in [-0.2, -0.15) is 0 Å². The van der Waals surface area contributed by atoms with Gasteiger partial charge in [-0.25, -0.2) is 14.8 Å². The minimum atomic E-state index is -0.180. The Hall–Kier alpha value is -2.83. The molecule has 0 bridgehead atoms. The summed E-state index contributed by atoms with van der Waals surface area (Å²) in [6.07, 6.45) is 1.67.